The molecule has 418 valence electrons. The molecule has 20 heteroatoms. The molecule has 0 amide bonds. The molecule has 5 heterocycles. The summed E-state index contributed by atoms with van der Waals surface area (Å²) in [5, 5.41) is 78.5. The van der Waals surface area contributed by atoms with Gasteiger partial charge in [0.15, 0.2) is 0 Å². The van der Waals surface area contributed by atoms with Crippen molar-refractivity contribution in [2.75, 3.05) is 106 Å². The lowest BCUT2D eigenvalue weighted by molar-refractivity contribution is 0.195. The molecule has 0 unspecified atom stereocenters. The Balaban J connectivity index is 1.46. The van der Waals surface area contributed by atoms with E-state index in [2.05, 4.69) is 9.97 Å². The van der Waals surface area contributed by atoms with Crippen LogP contribution in [0.1, 0.15) is 22.8 Å². The van der Waals surface area contributed by atoms with Gasteiger partial charge in [-0.3, -0.25) is 0 Å². The number of ether oxygens (including phenoxy) is 8. The van der Waals surface area contributed by atoms with Crippen molar-refractivity contribution in [1.29, 1.82) is 0 Å². The van der Waals surface area contributed by atoms with E-state index in [1.165, 1.54) is 0 Å². The van der Waals surface area contributed by atoms with Crippen molar-refractivity contribution < 1.29 is 78.7 Å². The summed E-state index contributed by atoms with van der Waals surface area (Å²) in [4.78, 5) is 18.2. The van der Waals surface area contributed by atoms with Crippen molar-refractivity contribution in [3.05, 3.63) is 120 Å². The fourth-order valence-corrected chi connectivity index (χ4v) is 9.26. The van der Waals surface area contributed by atoms with Gasteiger partial charge in [-0.2, -0.15) is 0 Å². The van der Waals surface area contributed by atoms with Gasteiger partial charge in [-0.25, -0.2) is 9.97 Å². The van der Waals surface area contributed by atoms with Crippen LogP contribution in [0, 0.1) is 0 Å². The van der Waals surface area contributed by atoms with Gasteiger partial charge in [0.1, 0.15) is 98.9 Å². The second-order valence-corrected chi connectivity index (χ2v) is 17.9. The SMILES string of the molecule is OCCOc1cc(OCCO)cc(-c2c3nc(c(-c4cc(OCCO)cc(OCCO)c4)c4ccc([nH]4)c(-c4cc(OCCO)cc(OCCO)c4)c4nc(c(-c5cc(OCCO)cc(OCCO)c5)c5ccc2[nH]5)C=C4)C=C3)c1. The van der Waals surface area contributed by atoms with E-state index in [-0.39, 0.29) is 106 Å². The molecule has 4 aromatic carbocycles. The lowest BCUT2D eigenvalue weighted by Crippen LogP contribution is -2.04. The Labute approximate surface area is 459 Å². The average molecular weight is 1100 g/mol. The van der Waals surface area contributed by atoms with E-state index >= 15 is 0 Å². The monoisotopic (exact) mass is 1090 g/mol. The van der Waals surface area contributed by atoms with E-state index in [1.807, 2.05) is 97.1 Å². The molecule has 2 aliphatic rings. The quantitative estimate of drug-likeness (QED) is 0.0258. The van der Waals surface area contributed by atoms with Gasteiger partial charge in [0.2, 0.25) is 0 Å². The molecule has 9 rings (SSSR count). The van der Waals surface area contributed by atoms with Gasteiger partial charge in [0.05, 0.1) is 75.6 Å². The zero-order valence-electron chi connectivity index (χ0n) is 43.6. The Morgan fingerprint density at radius 3 is 0.600 bits per heavy atom. The highest BCUT2D eigenvalue weighted by molar-refractivity contribution is 6.00. The molecule has 7 aromatic rings. The Hall–Kier alpha value is -8.44. The third kappa shape index (κ3) is 13.5. The average Bonchev–Trinajstić information content (AvgIpc) is 4.42. The van der Waals surface area contributed by atoms with Gasteiger partial charge in [-0.15, -0.1) is 0 Å². The van der Waals surface area contributed by atoms with Gasteiger partial charge >= 0.3 is 0 Å². The van der Waals surface area contributed by atoms with Crippen LogP contribution in [0.3, 0.4) is 0 Å². The number of hydrogen-bond donors (Lipinski definition) is 10. The van der Waals surface area contributed by atoms with Crippen molar-refractivity contribution in [3.63, 3.8) is 0 Å². The fourth-order valence-electron chi connectivity index (χ4n) is 9.26. The number of aliphatic hydroxyl groups is 8. The largest absolute Gasteiger partial charge is 0.491 e. The number of aromatic nitrogens is 4. The van der Waals surface area contributed by atoms with E-state index in [4.69, 9.17) is 47.9 Å². The Kier molecular flexibility index (Phi) is 19.3. The van der Waals surface area contributed by atoms with Crippen molar-refractivity contribution >= 4 is 46.4 Å². The van der Waals surface area contributed by atoms with Crippen molar-refractivity contribution in [2.45, 2.75) is 0 Å². The maximum atomic E-state index is 9.81. The van der Waals surface area contributed by atoms with Gasteiger partial charge in [0.25, 0.3) is 0 Å². The first-order valence-electron chi connectivity index (χ1n) is 25.9. The van der Waals surface area contributed by atoms with Gasteiger partial charge in [-0.1, -0.05) is 0 Å². The third-order valence-corrected chi connectivity index (χ3v) is 12.3. The van der Waals surface area contributed by atoms with Crippen LogP contribution in [-0.4, -0.2) is 166 Å². The maximum Gasteiger partial charge on any atom is 0.123 e. The molecule has 0 atom stereocenters. The highest BCUT2D eigenvalue weighted by atomic mass is 16.5. The molecule has 0 spiro atoms. The molecule has 0 saturated carbocycles. The first-order chi connectivity index (χ1) is 39.3. The van der Waals surface area contributed by atoms with E-state index in [9.17, 15) is 40.9 Å². The molecule has 8 bridgehead atoms. The normalized spacial score (nSPS) is 11.7. The molecule has 0 fully saturated rings. The Bertz CT molecular complexity index is 2950. The minimum Gasteiger partial charge on any atom is -0.491 e. The minimum absolute atomic E-state index is 0.00995. The van der Waals surface area contributed by atoms with E-state index in [0.29, 0.717) is 135 Å². The van der Waals surface area contributed by atoms with Crippen molar-refractivity contribution in [1.82, 2.24) is 19.9 Å². The fraction of sp³-hybridized carbons (Fsp3) is 0.267. The zero-order chi connectivity index (χ0) is 55.8. The molecule has 2 aliphatic heterocycles. The summed E-state index contributed by atoms with van der Waals surface area (Å²) in [5.74, 6) is 3.03. The van der Waals surface area contributed by atoms with Crippen LogP contribution in [-0.2, 0) is 0 Å². The van der Waals surface area contributed by atoms with Gasteiger partial charge in [0, 0.05) is 68.6 Å². The summed E-state index contributed by atoms with van der Waals surface area (Å²) < 4.78 is 48.0. The molecule has 10 N–H and O–H groups in total. The van der Waals surface area contributed by atoms with Crippen LogP contribution in [0.15, 0.2) is 97.1 Å². The van der Waals surface area contributed by atoms with Gasteiger partial charge in [-0.05, 0) is 119 Å². The second-order valence-electron chi connectivity index (χ2n) is 17.9. The number of aliphatic hydroxyl groups excluding tert-OH is 8. The number of aromatic amines is 2. The topological polar surface area (TPSA) is 293 Å². The summed E-state index contributed by atoms with van der Waals surface area (Å²) in [6.07, 6.45) is 7.51. The first-order valence-corrected chi connectivity index (χ1v) is 25.9. The first kappa shape index (κ1) is 56.3. The number of fused-ring (bicyclic) bond motifs is 8. The van der Waals surface area contributed by atoms with Crippen molar-refractivity contribution in [2.24, 2.45) is 0 Å². The van der Waals surface area contributed by atoms with Crippen LogP contribution >= 0.6 is 0 Å². The lowest BCUT2D eigenvalue weighted by Gasteiger charge is -2.14. The summed E-state index contributed by atoms with van der Waals surface area (Å²) in [6.45, 7) is -2.09. The summed E-state index contributed by atoms with van der Waals surface area (Å²) in [5.41, 5.74) is 9.09. The van der Waals surface area contributed by atoms with Crippen LogP contribution < -0.4 is 37.9 Å². The molecule has 0 aliphatic carbocycles. The standard InChI is InChI=1S/C60H62N4O16/c65-9-17-73-41-25-37(26-42(33-41)74-18-10-66)57-49-1-2-50(61-49)58(38-27-43(75-19-11-67)34-44(28-38)76-20-12-68)52-5-6-54(63-52)60(40-31-47(79-23-15-71)36-48(32-40)80-24-16-72)56-8-7-55(64-56)59(53-4-3-51(57)62-53)39-29-45(77-21-13-69)35-46(30-39)78-22-14-70/h1-8,25-36,61,64-72H,9-24H2. The van der Waals surface area contributed by atoms with Gasteiger partial charge < -0.3 is 88.7 Å². The summed E-state index contributed by atoms with van der Waals surface area (Å²) >= 11 is 0. The molecule has 80 heavy (non-hydrogen) atoms. The minimum atomic E-state index is -0.251. The molecule has 0 saturated heterocycles. The number of H-pyrrole nitrogens is 2. The Morgan fingerprint density at radius 2 is 0.438 bits per heavy atom. The second kappa shape index (κ2) is 27.4. The molecule has 3 aromatic heterocycles. The van der Waals surface area contributed by atoms with Crippen LogP contribution in [0.25, 0.3) is 90.9 Å². The molecule has 0 radical (unpaired) electrons. The molecular weight excluding hydrogens is 1030 g/mol. The summed E-state index contributed by atoms with van der Waals surface area (Å²) in [7, 11) is 0. The number of benzene rings is 4. The predicted octanol–water partition coefficient (Wildman–Crippen LogP) is 6.29. The highest BCUT2D eigenvalue weighted by Gasteiger charge is 2.22. The number of nitrogens with zero attached hydrogens (tertiary/aromatic N) is 2. The van der Waals surface area contributed by atoms with Crippen LogP contribution in [0.4, 0.5) is 0 Å². The predicted molar refractivity (Wildman–Crippen MR) is 301 cm³/mol. The number of nitrogens with one attached hydrogen (secondary N) is 2. The van der Waals surface area contributed by atoms with E-state index < -0.39 is 0 Å². The van der Waals surface area contributed by atoms with E-state index in [0.717, 1.165) is 0 Å². The number of hydrogen-bond acceptors (Lipinski definition) is 18. The smallest absolute Gasteiger partial charge is 0.123 e. The van der Waals surface area contributed by atoms with Crippen LogP contribution in [0.2, 0.25) is 0 Å². The lowest BCUT2D eigenvalue weighted by atomic mass is 10.0. The van der Waals surface area contributed by atoms with Crippen molar-refractivity contribution in [3.8, 4) is 90.5 Å². The third-order valence-electron chi connectivity index (χ3n) is 12.3. The Morgan fingerprint density at radius 1 is 0.263 bits per heavy atom. The van der Waals surface area contributed by atoms with Crippen LogP contribution in [0.5, 0.6) is 46.0 Å². The molecular formula is C60H62N4O16. The van der Waals surface area contributed by atoms with E-state index in [1.54, 1.807) is 24.3 Å². The number of rotatable bonds is 28. The summed E-state index contributed by atoms with van der Waals surface area (Å²) in [6, 6.07) is 28.8. The zero-order valence-corrected chi connectivity index (χ0v) is 43.6. The molecule has 20 nitrogen and oxygen atoms in total. The maximum absolute atomic E-state index is 9.81. The highest BCUT2D eigenvalue weighted by Crippen LogP contribution is 2.43.